The van der Waals surface area contributed by atoms with Gasteiger partial charge in [0.15, 0.2) is 6.29 Å². The molecule has 2 aliphatic rings. The molecule has 2 rings (SSSR count). The van der Waals surface area contributed by atoms with Crippen LogP contribution in [0.15, 0.2) is 0 Å². The van der Waals surface area contributed by atoms with Gasteiger partial charge in [-0.2, -0.15) is 0 Å². The number of aliphatic hydroxyl groups is 8. The van der Waals surface area contributed by atoms with Crippen LogP contribution in [0.4, 0.5) is 0 Å². The van der Waals surface area contributed by atoms with Gasteiger partial charge in [-0.15, -0.1) is 0 Å². The summed E-state index contributed by atoms with van der Waals surface area (Å²) in [6, 6.07) is -1.44. The summed E-state index contributed by atoms with van der Waals surface area (Å²) in [5.74, 6) is -5.40. The number of amides is 1. The van der Waals surface area contributed by atoms with Crippen LogP contribution < -0.4 is 5.32 Å². The molecule has 0 saturated carbocycles. The Hall–Kier alpha value is -1.50. The number of carboxylic acid groups (broad SMARTS) is 1. The van der Waals surface area contributed by atoms with E-state index in [-0.39, 0.29) is 0 Å². The van der Waals surface area contributed by atoms with Crippen molar-refractivity contribution in [2.24, 2.45) is 0 Å². The van der Waals surface area contributed by atoms with Crippen LogP contribution in [0.2, 0.25) is 0 Å². The van der Waals surface area contributed by atoms with Gasteiger partial charge >= 0.3 is 5.97 Å². The van der Waals surface area contributed by atoms with Crippen LogP contribution in [0.1, 0.15) is 13.3 Å². The zero-order valence-corrected chi connectivity index (χ0v) is 17.0. The molecule has 1 amide bonds. The summed E-state index contributed by atoms with van der Waals surface area (Å²) >= 11 is 0. The molecule has 2 saturated heterocycles. The third kappa shape index (κ3) is 5.35. The predicted molar refractivity (Wildman–Crippen MR) is 97.4 cm³/mol. The largest absolute Gasteiger partial charge is 0.477 e. The van der Waals surface area contributed by atoms with Crippen LogP contribution in [0.5, 0.6) is 0 Å². The van der Waals surface area contributed by atoms with Gasteiger partial charge in [0.05, 0.1) is 25.4 Å². The molecule has 15 nitrogen and oxygen atoms in total. The zero-order valence-electron chi connectivity index (χ0n) is 17.0. The molecular formula is C17H29NO14. The van der Waals surface area contributed by atoms with E-state index in [1.54, 1.807) is 0 Å². The predicted octanol–water partition coefficient (Wildman–Crippen LogP) is -6.05. The first-order valence-electron chi connectivity index (χ1n) is 9.70. The fraction of sp³-hybridized carbons (Fsp3) is 0.882. The highest BCUT2D eigenvalue weighted by atomic mass is 16.8. The summed E-state index contributed by atoms with van der Waals surface area (Å²) in [7, 11) is 0. The Morgan fingerprint density at radius 3 is 2.25 bits per heavy atom. The third-order valence-corrected chi connectivity index (χ3v) is 5.34. The van der Waals surface area contributed by atoms with Crippen LogP contribution >= 0.6 is 0 Å². The molecule has 15 heteroatoms. The molecule has 2 aliphatic heterocycles. The molecule has 0 unspecified atom stereocenters. The zero-order chi connectivity index (χ0) is 24.4. The van der Waals surface area contributed by atoms with E-state index in [4.69, 9.17) is 19.3 Å². The first-order valence-corrected chi connectivity index (χ1v) is 9.70. The Morgan fingerprint density at radius 2 is 1.75 bits per heavy atom. The van der Waals surface area contributed by atoms with Crippen molar-refractivity contribution in [1.29, 1.82) is 0 Å². The van der Waals surface area contributed by atoms with E-state index in [2.05, 4.69) is 5.32 Å². The molecule has 0 spiro atoms. The smallest absolute Gasteiger partial charge is 0.364 e. The molecule has 10 N–H and O–H groups in total. The van der Waals surface area contributed by atoms with E-state index < -0.39 is 98.5 Å². The lowest BCUT2D eigenvalue weighted by atomic mass is 9.88. The molecule has 0 aromatic rings. The molecule has 2 fully saturated rings. The fourth-order valence-corrected chi connectivity index (χ4v) is 3.60. The van der Waals surface area contributed by atoms with Gasteiger partial charge < -0.3 is 65.5 Å². The monoisotopic (exact) mass is 471 g/mol. The van der Waals surface area contributed by atoms with E-state index in [0.717, 1.165) is 6.92 Å². The van der Waals surface area contributed by atoms with Gasteiger partial charge in [0.25, 0.3) is 5.79 Å². The lowest BCUT2D eigenvalue weighted by molar-refractivity contribution is -0.387. The van der Waals surface area contributed by atoms with Crippen molar-refractivity contribution < 1.29 is 69.8 Å². The first-order chi connectivity index (χ1) is 14.9. The van der Waals surface area contributed by atoms with Gasteiger partial charge in [-0.1, -0.05) is 0 Å². The van der Waals surface area contributed by atoms with Gasteiger partial charge in [0, 0.05) is 13.3 Å². The second-order valence-corrected chi connectivity index (χ2v) is 7.69. The third-order valence-electron chi connectivity index (χ3n) is 5.34. The molecular weight excluding hydrogens is 442 g/mol. The number of aliphatic carboxylic acids is 1. The molecule has 0 aromatic carbocycles. The molecule has 0 radical (unpaired) electrons. The van der Waals surface area contributed by atoms with Gasteiger partial charge in [0.1, 0.15) is 42.7 Å². The van der Waals surface area contributed by atoms with Crippen LogP contribution in [0.3, 0.4) is 0 Å². The summed E-state index contributed by atoms with van der Waals surface area (Å²) < 4.78 is 15.7. The summed E-state index contributed by atoms with van der Waals surface area (Å²) in [5.41, 5.74) is 0. The second kappa shape index (κ2) is 10.6. The van der Waals surface area contributed by atoms with Crippen LogP contribution in [-0.4, -0.2) is 138 Å². The van der Waals surface area contributed by atoms with Crippen molar-refractivity contribution in [1.82, 2.24) is 5.32 Å². The maximum atomic E-state index is 12.1. The normalized spacial score (nSPS) is 42.2. The first kappa shape index (κ1) is 26.7. The summed E-state index contributed by atoms with van der Waals surface area (Å²) in [6.07, 6.45) is -17.4. The van der Waals surface area contributed by atoms with E-state index >= 15 is 0 Å². The molecule has 0 aliphatic carbocycles. The second-order valence-electron chi connectivity index (χ2n) is 7.69. The summed E-state index contributed by atoms with van der Waals surface area (Å²) in [5, 5.41) is 91.0. The minimum atomic E-state index is -2.84. The lowest BCUT2D eigenvalue weighted by Gasteiger charge is -2.49. The average molecular weight is 471 g/mol. The standard InChI is InChI=1S/C17H29NO14/c1-5(21)18-9-6(22)2-17(16(28)29,31-14(9)10(24)7(23)3-19)32-15-13(27)12(26)11(25)8(4-20)30-15/h6-15,19-20,22-27H,2-4H2,1H3,(H,18,21)(H,28,29)/t6-,7+,8+,9+,10+,11+,12-,13+,14+,15-,17+/m0/s1. The van der Waals surface area contributed by atoms with Crippen molar-refractivity contribution in [3.63, 3.8) is 0 Å². The highest BCUT2D eigenvalue weighted by Gasteiger charge is 2.58. The van der Waals surface area contributed by atoms with Crippen molar-refractivity contribution in [2.45, 2.75) is 80.3 Å². The maximum absolute atomic E-state index is 12.1. The van der Waals surface area contributed by atoms with Gasteiger partial charge in [-0.05, 0) is 0 Å². The van der Waals surface area contributed by atoms with Crippen LogP contribution in [0.25, 0.3) is 0 Å². The quantitative estimate of drug-likeness (QED) is 0.158. The molecule has 0 aromatic heterocycles. The number of ether oxygens (including phenoxy) is 3. The Kier molecular flexibility index (Phi) is 8.88. The number of carboxylic acids is 1. The van der Waals surface area contributed by atoms with Crippen molar-refractivity contribution >= 4 is 11.9 Å². The van der Waals surface area contributed by atoms with E-state index in [9.17, 15) is 50.4 Å². The molecule has 2 heterocycles. The minimum Gasteiger partial charge on any atom is -0.477 e. The summed E-state index contributed by atoms with van der Waals surface area (Å²) in [4.78, 5) is 23.6. The van der Waals surface area contributed by atoms with Crippen molar-refractivity contribution in [2.75, 3.05) is 13.2 Å². The number of carbonyl (C=O) groups excluding carboxylic acids is 1. The number of nitrogens with one attached hydrogen (secondary N) is 1. The SMILES string of the molecule is CC(=O)N[C@H]1[C@H]([C@H](O)[C@H](O)CO)O[C@](O[C@@H]2O[C@H](CO)[C@@H](O)[C@H](O)[C@H]2O)(C(=O)O)C[C@@H]1O. The summed E-state index contributed by atoms with van der Waals surface area (Å²) in [6.45, 7) is -0.733. The van der Waals surface area contributed by atoms with E-state index in [0.29, 0.717) is 0 Å². The highest BCUT2D eigenvalue weighted by Crippen LogP contribution is 2.36. The number of aliphatic hydroxyl groups excluding tert-OH is 8. The van der Waals surface area contributed by atoms with Crippen molar-refractivity contribution in [3.8, 4) is 0 Å². The lowest BCUT2D eigenvalue weighted by Crippen LogP contribution is -2.69. The fourth-order valence-electron chi connectivity index (χ4n) is 3.60. The van der Waals surface area contributed by atoms with Crippen LogP contribution in [-0.2, 0) is 23.8 Å². The van der Waals surface area contributed by atoms with E-state index in [1.165, 1.54) is 0 Å². The highest BCUT2D eigenvalue weighted by molar-refractivity contribution is 5.76. The Morgan fingerprint density at radius 1 is 1.12 bits per heavy atom. The Labute approximate surface area is 181 Å². The molecule has 11 atom stereocenters. The van der Waals surface area contributed by atoms with E-state index in [1.807, 2.05) is 0 Å². The van der Waals surface area contributed by atoms with Gasteiger partial charge in [0.2, 0.25) is 5.91 Å². The molecule has 32 heavy (non-hydrogen) atoms. The van der Waals surface area contributed by atoms with Crippen LogP contribution in [0, 0.1) is 0 Å². The number of rotatable bonds is 8. The minimum absolute atomic E-state index is 0.689. The molecule has 186 valence electrons. The number of hydrogen-bond acceptors (Lipinski definition) is 13. The Balaban J connectivity index is 2.39. The average Bonchev–Trinajstić information content (AvgIpc) is 2.74. The number of hydrogen-bond donors (Lipinski definition) is 10. The maximum Gasteiger partial charge on any atom is 0.364 e. The van der Waals surface area contributed by atoms with Crippen molar-refractivity contribution in [3.05, 3.63) is 0 Å². The Bertz CT molecular complexity index is 663. The number of carbonyl (C=O) groups is 2. The molecule has 0 bridgehead atoms. The van der Waals surface area contributed by atoms with Gasteiger partial charge in [-0.3, -0.25) is 4.79 Å². The van der Waals surface area contributed by atoms with Gasteiger partial charge in [-0.25, -0.2) is 4.79 Å². The topological polar surface area (TPSA) is 256 Å².